The Balaban J connectivity index is 0.00000196. The van der Waals surface area contributed by atoms with E-state index in [1.54, 1.807) is 12.1 Å². The number of rotatable bonds is 0. The summed E-state index contributed by atoms with van der Waals surface area (Å²) >= 11 is 22.8. The van der Waals surface area contributed by atoms with Crippen molar-refractivity contribution in [1.29, 1.82) is 10.5 Å². The van der Waals surface area contributed by atoms with E-state index in [0.29, 0.717) is 0 Å². The van der Waals surface area contributed by atoms with Crippen molar-refractivity contribution in [2.75, 3.05) is 0 Å². The zero-order valence-corrected chi connectivity index (χ0v) is 9.43. The van der Waals surface area contributed by atoms with Gasteiger partial charge in [-0.25, -0.2) is 0 Å². The molecule has 0 saturated heterocycles. The van der Waals surface area contributed by atoms with Crippen molar-refractivity contribution < 1.29 is 0 Å². The largest absolute Gasteiger partial charge is 0.192 e. The summed E-state index contributed by atoms with van der Waals surface area (Å²) in [6.07, 6.45) is 0. The molecule has 15 heavy (non-hydrogen) atoms. The summed E-state index contributed by atoms with van der Waals surface area (Å²) in [5, 5.41) is 17.2. The minimum atomic E-state index is -0.0746. The number of nitriles is 2. The van der Waals surface area contributed by atoms with Gasteiger partial charge in [0.05, 0.1) is 31.2 Å². The van der Waals surface area contributed by atoms with Crippen molar-refractivity contribution in [1.82, 2.24) is 0 Å². The van der Waals surface area contributed by atoms with Gasteiger partial charge in [-0.2, -0.15) is 10.5 Å². The Morgan fingerprint density at radius 3 is 1.27 bits per heavy atom. The molecule has 0 saturated carbocycles. The first-order valence-corrected chi connectivity index (χ1v) is 4.72. The van der Waals surface area contributed by atoms with Gasteiger partial charge in [-0.1, -0.05) is 53.8 Å². The number of hydrogen-bond acceptors (Lipinski definition) is 2. The third-order valence-corrected chi connectivity index (χ3v) is 3.19. The molecule has 1 aromatic rings. The van der Waals surface area contributed by atoms with Gasteiger partial charge in [0.2, 0.25) is 0 Å². The lowest BCUT2D eigenvalue weighted by molar-refractivity contribution is 1.45. The van der Waals surface area contributed by atoms with Crippen LogP contribution >= 0.6 is 46.4 Å². The summed E-state index contributed by atoms with van der Waals surface area (Å²) in [6.45, 7) is 0. The van der Waals surface area contributed by atoms with Crippen LogP contribution in [0.4, 0.5) is 0 Å². The standard InChI is InChI=1S/C8Cl4N2.CH4/c9-5-3(1-13)6(10)8(12)7(11)4(5)2-14;/h;1H4. The maximum atomic E-state index is 8.70. The molecule has 0 spiro atoms. The first kappa shape index (κ1) is 14.4. The smallest absolute Gasteiger partial charge is 0.102 e. The van der Waals surface area contributed by atoms with E-state index in [1.807, 2.05) is 0 Å². The molecule has 0 fully saturated rings. The molecule has 0 amide bonds. The molecule has 0 bridgehead atoms. The van der Waals surface area contributed by atoms with Crippen molar-refractivity contribution in [2.24, 2.45) is 0 Å². The molecule has 0 aliphatic carbocycles. The first-order chi connectivity index (χ1) is 6.54. The van der Waals surface area contributed by atoms with E-state index in [4.69, 9.17) is 56.9 Å². The molecule has 0 heterocycles. The minimum Gasteiger partial charge on any atom is -0.192 e. The molecule has 0 aliphatic heterocycles. The predicted molar refractivity (Wildman–Crippen MR) is 62.6 cm³/mol. The van der Waals surface area contributed by atoms with Crippen LogP contribution < -0.4 is 0 Å². The first-order valence-electron chi connectivity index (χ1n) is 3.20. The van der Waals surface area contributed by atoms with E-state index in [1.165, 1.54) is 0 Å². The Kier molecular flexibility index (Phi) is 5.21. The summed E-state index contributed by atoms with van der Waals surface area (Å²) < 4.78 is 0. The highest BCUT2D eigenvalue weighted by atomic mass is 35.5. The summed E-state index contributed by atoms with van der Waals surface area (Å²) in [5.41, 5.74) is -0.0847. The SMILES string of the molecule is C.N#Cc1c(Cl)c(Cl)c(Cl)c(C#N)c1Cl. The molecule has 0 radical (unpaired) electrons. The number of halogens is 4. The fourth-order valence-corrected chi connectivity index (χ4v) is 1.90. The Morgan fingerprint density at radius 1 is 0.667 bits per heavy atom. The normalized spacial score (nSPS) is 8.67. The van der Waals surface area contributed by atoms with E-state index >= 15 is 0 Å². The van der Waals surface area contributed by atoms with Crippen molar-refractivity contribution >= 4 is 46.4 Å². The molecule has 1 aromatic carbocycles. The molecular formula is C9H4Cl4N2. The quantitative estimate of drug-likeness (QED) is 0.512. The van der Waals surface area contributed by atoms with Gasteiger partial charge in [-0.05, 0) is 0 Å². The fraction of sp³-hybridized carbons (Fsp3) is 0.111. The second-order valence-electron chi connectivity index (χ2n) is 2.23. The molecule has 0 unspecified atom stereocenters. The van der Waals surface area contributed by atoms with Crippen molar-refractivity contribution in [3.63, 3.8) is 0 Å². The lowest BCUT2D eigenvalue weighted by atomic mass is 10.1. The van der Waals surface area contributed by atoms with Crippen LogP contribution in [0.1, 0.15) is 18.6 Å². The Hall–Kier alpha value is -0.640. The summed E-state index contributed by atoms with van der Waals surface area (Å²) in [5.74, 6) is 0. The van der Waals surface area contributed by atoms with Gasteiger partial charge < -0.3 is 0 Å². The van der Waals surface area contributed by atoms with Crippen molar-refractivity contribution in [3.05, 3.63) is 31.2 Å². The lowest BCUT2D eigenvalue weighted by Crippen LogP contribution is -1.89. The van der Waals surface area contributed by atoms with Gasteiger partial charge in [0.25, 0.3) is 0 Å². The highest BCUT2D eigenvalue weighted by molar-refractivity contribution is 6.50. The minimum absolute atomic E-state index is 0. The highest BCUT2D eigenvalue weighted by Gasteiger charge is 2.19. The molecular weight excluding hydrogens is 278 g/mol. The van der Waals surface area contributed by atoms with Crippen molar-refractivity contribution in [3.8, 4) is 12.1 Å². The molecule has 0 aromatic heterocycles. The van der Waals surface area contributed by atoms with E-state index in [9.17, 15) is 0 Å². The summed E-state index contributed by atoms with van der Waals surface area (Å²) in [7, 11) is 0. The molecule has 0 aliphatic rings. The second kappa shape index (κ2) is 5.45. The molecule has 0 N–H and O–H groups in total. The lowest BCUT2D eigenvalue weighted by Gasteiger charge is -2.05. The van der Waals surface area contributed by atoms with Crippen LogP contribution in [-0.2, 0) is 0 Å². The fourth-order valence-electron chi connectivity index (χ4n) is 0.830. The van der Waals surface area contributed by atoms with Crippen LogP contribution in [0.25, 0.3) is 0 Å². The van der Waals surface area contributed by atoms with Crippen LogP contribution in [-0.4, -0.2) is 0 Å². The summed E-state index contributed by atoms with van der Waals surface area (Å²) in [6, 6.07) is 3.50. The maximum Gasteiger partial charge on any atom is 0.102 e. The van der Waals surface area contributed by atoms with Crippen LogP contribution in [0.15, 0.2) is 0 Å². The van der Waals surface area contributed by atoms with E-state index in [0.717, 1.165) is 0 Å². The molecule has 2 nitrogen and oxygen atoms in total. The summed E-state index contributed by atoms with van der Waals surface area (Å²) in [4.78, 5) is 0. The van der Waals surface area contributed by atoms with Gasteiger partial charge >= 0.3 is 0 Å². The van der Waals surface area contributed by atoms with Gasteiger partial charge in [-0.3, -0.25) is 0 Å². The van der Waals surface area contributed by atoms with Crippen LogP contribution in [0.3, 0.4) is 0 Å². The molecule has 0 atom stereocenters. The van der Waals surface area contributed by atoms with E-state index in [-0.39, 0.29) is 38.6 Å². The third-order valence-electron chi connectivity index (χ3n) is 1.49. The van der Waals surface area contributed by atoms with Gasteiger partial charge in [-0.15, -0.1) is 0 Å². The van der Waals surface area contributed by atoms with Crippen LogP contribution in [0, 0.1) is 22.7 Å². The molecule has 78 valence electrons. The molecule has 1 rings (SSSR count). The predicted octanol–water partition coefficient (Wildman–Crippen LogP) is 4.68. The number of hydrogen-bond donors (Lipinski definition) is 0. The Bertz CT molecular complexity index is 441. The van der Waals surface area contributed by atoms with Crippen molar-refractivity contribution in [2.45, 2.75) is 7.43 Å². The Morgan fingerprint density at radius 2 is 1.00 bits per heavy atom. The van der Waals surface area contributed by atoms with Crippen LogP contribution in [0.5, 0.6) is 0 Å². The highest BCUT2D eigenvalue weighted by Crippen LogP contribution is 2.40. The second-order valence-corrected chi connectivity index (χ2v) is 3.74. The average Bonchev–Trinajstić information content (AvgIpc) is 2.16. The molecule has 6 heteroatoms. The monoisotopic (exact) mass is 280 g/mol. The van der Waals surface area contributed by atoms with E-state index < -0.39 is 0 Å². The van der Waals surface area contributed by atoms with Crippen LogP contribution in [0.2, 0.25) is 20.1 Å². The number of benzene rings is 1. The van der Waals surface area contributed by atoms with Gasteiger partial charge in [0, 0.05) is 0 Å². The third kappa shape index (κ3) is 2.30. The topological polar surface area (TPSA) is 47.6 Å². The van der Waals surface area contributed by atoms with E-state index in [2.05, 4.69) is 0 Å². The van der Waals surface area contributed by atoms with Gasteiger partial charge in [0.15, 0.2) is 0 Å². The number of nitrogens with zero attached hydrogens (tertiary/aromatic N) is 2. The zero-order chi connectivity index (χ0) is 10.9. The Labute approximate surface area is 108 Å². The zero-order valence-electron chi connectivity index (χ0n) is 6.41. The average molecular weight is 282 g/mol. The maximum absolute atomic E-state index is 8.70. The van der Waals surface area contributed by atoms with Gasteiger partial charge in [0.1, 0.15) is 12.1 Å².